The van der Waals surface area contributed by atoms with E-state index in [9.17, 15) is 4.79 Å². The summed E-state index contributed by atoms with van der Waals surface area (Å²) in [6.07, 6.45) is 1.81. The van der Waals surface area contributed by atoms with Gasteiger partial charge < -0.3 is 9.67 Å². The van der Waals surface area contributed by atoms with Crippen molar-refractivity contribution in [3.63, 3.8) is 0 Å². The summed E-state index contributed by atoms with van der Waals surface area (Å²) in [7, 11) is 0. The molecule has 1 aromatic heterocycles. The van der Waals surface area contributed by atoms with Crippen LogP contribution in [0.5, 0.6) is 0 Å². The van der Waals surface area contributed by atoms with Crippen molar-refractivity contribution in [1.82, 2.24) is 4.57 Å². The van der Waals surface area contributed by atoms with Crippen LogP contribution in [0, 0.1) is 6.92 Å². The van der Waals surface area contributed by atoms with Gasteiger partial charge in [0.1, 0.15) is 0 Å². The predicted octanol–water partition coefficient (Wildman–Crippen LogP) is 3.14. The largest absolute Gasteiger partial charge is 0.478 e. The second-order valence-corrected chi connectivity index (χ2v) is 3.92. The van der Waals surface area contributed by atoms with Gasteiger partial charge in [-0.15, -0.1) is 0 Å². The van der Waals surface area contributed by atoms with Crippen LogP contribution in [0.15, 0.2) is 36.5 Å². The van der Waals surface area contributed by atoms with Crippen molar-refractivity contribution >= 4 is 17.6 Å². The van der Waals surface area contributed by atoms with Gasteiger partial charge in [-0.2, -0.15) is 0 Å². The van der Waals surface area contributed by atoms with E-state index in [0.717, 1.165) is 5.69 Å². The Kier molecular flexibility index (Phi) is 2.71. The molecule has 1 heterocycles. The maximum absolute atomic E-state index is 11.1. The molecule has 0 unspecified atom stereocenters. The van der Waals surface area contributed by atoms with Crippen LogP contribution in [-0.2, 0) is 0 Å². The Morgan fingerprint density at radius 1 is 1.38 bits per heavy atom. The number of halogens is 1. The first-order valence-corrected chi connectivity index (χ1v) is 5.14. The third-order valence-corrected chi connectivity index (χ3v) is 2.64. The molecular weight excluding hydrogens is 226 g/mol. The van der Waals surface area contributed by atoms with Crippen molar-refractivity contribution in [3.8, 4) is 5.69 Å². The fraction of sp³-hybridized carbons (Fsp3) is 0.0833. The van der Waals surface area contributed by atoms with Crippen LogP contribution in [-0.4, -0.2) is 15.6 Å². The first-order valence-electron chi connectivity index (χ1n) is 4.77. The van der Waals surface area contributed by atoms with E-state index in [1.165, 1.54) is 6.07 Å². The van der Waals surface area contributed by atoms with Crippen LogP contribution in [0.3, 0.4) is 0 Å². The fourth-order valence-electron chi connectivity index (χ4n) is 1.62. The third kappa shape index (κ3) is 1.82. The zero-order chi connectivity index (χ0) is 11.7. The van der Waals surface area contributed by atoms with Crippen molar-refractivity contribution in [2.75, 3.05) is 0 Å². The molecule has 0 aliphatic carbocycles. The number of benzene rings is 1. The lowest BCUT2D eigenvalue weighted by atomic mass is 10.1. The molecule has 1 aromatic carbocycles. The topological polar surface area (TPSA) is 42.2 Å². The van der Waals surface area contributed by atoms with E-state index in [1.54, 1.807) is 16.7 Å². The number of aryl methyl sites for hydroxylation is 1. The van der Waals surface area contributed by atoms with E-state index in [4.69, 9.17) is 16.7 Å². The second kappa shape index (κ2) is 4.02. The van der Waals surface area contributed by atoms with Gasteiger partial charge in [-0.1, -0.05) is 11.6 Å². The second-order valence-electron chi connectivity index (χ2n) is 3.49. The van der Waals surface area contributed by atoms with Gasteiger partial charge >= 0.3 is 5.97 Å². The predicted molar refractivity (Wildman–Crippen MR) is 62.5 cm³/mol. The molecule has 0 fully saturated rings. The van der Waals surface area contributed by atoms with Gasteiger partial charge in [0.15, 0.2) is 0 Å². The molecule has 0 aliphatic rings. The van der Waals surface area contributed by atoms with Crippen molar-refractivity contribution in [2.45, 2.75) is 6.92 Å². The molecule has 0 radical (unpaired) electrons. The smallest absolute Gasteiger partial charge is 0.337 e. The van der Waals surface area contributed by atoms with Crippen molar-refractivity contribution in [3.05, 3.63) is 52.8 Å². The fourth-order valence-corrected chi connectivity index (χ4v) is 1.79. The minimum Gasteiger partial charge on any atom is -0.478 e. The average Bonchev–Trinajstić information content (AvgIpc) is 2.63. The number of rotatable bonds is 2. The van der Waals surface area contributed by atoms with Crippen molar-refractivity contribution in [1.29, 1.82) is 0 Å². The highest BCUT2D eigenvalue weighted by Crippen LogP contribution is 2.21. The van der Waals surface area contributed by atoms with E-state index in [-0.39, 0.29) is 5.56 Å². The molecule has 0 aliphatic heterocycles. The van der Waals surface area contributed by atoms with Crippen LogP contribution in [0.2, 0.25) is 5.02 Å². The molecule has 0 bridgehead atoms. The Bertz CT molecular complexity index is 546. The Balaban J connectivity index is 2.67. The number of carboxylic acid groups (broad SMARTS) is 1. The summed E-state index contributed by atoms with van der Waals surface area (Å²) in [6.45, 7) is 1.91. The summed E-state index contributed by atoms with van der Waals surface area (Å²) >= 11 is 5.88. The Hall–Kier alpha value is -1.74. The first kappa shape index (κ1) is 10.8. The Morgan fingerprint density at radius 2 is 2.12 bits per heavy atom. The lowest BCUT2D eigenvalue weighted by molar-refractivity contribution is 0.0697. The minimum atomic E-state index is -0.959. The van der Waals surface area contributed by atoms with Gasteiger partial charge in [0.2, 0.25) is 0 Å². The molecule has 1 N–H and O–H groups in total. The van der Waals surface area contributed by atoms with Crippen LogP contribution >= 0.6 is 11.6 Å². The number of aromatic nitrogens is 1. The summed E-state index contributed by atoms with van der Waals surface area (Å²) in [4.78, 5) is 11.1. The van der Waals surface area contributed by atoms with E-state index in [2.05, 4.69) is 0 Å². The molecule has 0 atom stereocenters. The highest BCUT2D eigenvalue weighted by Gasteiger charge is 2.12. The van der Waals surface area contributed by atoms with Crippen LogP contribution in [0.1, 0.15) is 16.1 Å². The summed E-state index contributed by atoms with van der Waals surface area (Å²) in [6, 6.07) is 8.51. The monoisotopic (exact) mass is 235 g/mol. The molecule has 4 heteroatoms. The summed E-state index contributed by atoms with van der Waals surface area (Å²) in [5, 5.41) is 9.61. The van der Waals surface area contributed by atoms with E-state index < -0.39 is 5.97 Å². The van der Waals surface area contributed by atoms with Gasteiger partial charge in [-0.05, 0) is 37.3 Å². The highest BCUT2D eigenvalue weighted by atomic mass is 35.5. The molecule has 16 heavy (non-hydrogen) atoms. The standard InChI is InChI=1S/C12H10ClNO2/c1-8-3-2-6-14(8)11-7-9(13)4-5-10(11)12(15)16/h2-7H,1H3,(H,15,16). The summed E-state index contributed by atoms with van der Waals surface area (Å²) < 4.78 is 1.80. The SMILES string of the molecule is Cc1cccn1-c1cc(Cl)ccc1C(=O)O. The molecule has 2 rings (SSSR count). The van der Waals surface area contributed by atoms with Crippen LogP contribution < -0.4 is 0 Å². The number of hydrogen-bond donors (Lipinski definition) is 1. The van der Waals surface area contributed by atoms with E-state index in [0.29, 0.717) is 10.7 Å². The van der Waals surface area contributed by atoms with Gasteiger partial charge in [0.05, 0.1) is 11.3 Å². The van der Waals surface area contributed by atoms with E-state index >= 15 is 0 Å². The molecule has 0 spiro atoms. The lowest BCUT2D eigenvalue weighted by Crippen LogP contribution is -2.05. The van der Waals surface area contributed by atoms with Gasteiger partial charge in [0.25, 0.3) is 0 Å². The Morgan fingerprint density at radius 3 is 2.69 bits per heavy atom. The molecule has 2 aromatic rings. The van der Waals surface area contributed by atoms with Crippen molar-refractivity contribution < 1.29 is 9.90 Å². The molecule has 3 nitrogen and oxygen atoms in total. The van der Waals surface area contributed by atoms with Gasteiger partial charge in [-0.25, -0.2) is 4.79 Å². The zero-order valence-electron chi connectivity index (χ0n) is 8.64. The third-order valence-electron chi connectivity index (χ3n) is 2.40. The van der Waals surface area contributed by atoms with E-state index in [1.807, 2.05) is 25.3 Å². The summed E-state index contributed by atoms with van der Waals surface area (Å²) in [5.41, 5.74) is 1.79. The maximum Gasteiger partial charge on any atom is 0.337 e. The van der Waals surface area contributed by atoms with Crippen LogP contribution in [0.4, 0.5) is 0 Å². The van der Waals surface area contributed by atoms with Crippen molar-refractivity contribution in [2.24, 2.45) is 0 Å². The number of carbonyl (C=O) groups is 1. The number of aromatic carboxylic acids is 1. The van der Waals surface area contributed by atoms with Gasteiger partial charge in [0, 0.05) is 16.9 Å². The van der Waals surface area contributed by atoms with Gasteiger partial charge in [-0.3, -0.25) is 0 Å². The number of carboxylic acids is 1. The summed E-state index contributed by atoms with van der Waals surface area (Å²) in [5.74, 6) is -0.959. The number of nitrogens with zero attached hydrogens (tertiary/aromatic N) is 1. The molecule has 0 amide bonds. The average molecular weight is 236 g/mol. The normalized spacial score (nSPS) is 10.4. The first-order chi connectivity index (χ1) is 7.59. The molecule has 82 valence electrons. The minimum absolute atomic E-state index is 0.240. The maximum atomic E-state index is 11.1. The number of hydrogen-bond acceptors (Lipinski definition) is 1. The highest BCUT2D eigenvalue weighted by molar-refractivity contribution is 6.30. The zero-order valence-corrected chi connectivity index (χ0v) is 9.40. The quantitative estimate of drug-likeness (QED) is 0.869. The molecule has 0 saturated heterocycles. The van der Waals surface area contributed by atoms with Crippen LogP contribution in [0.25, 0.3) is 5.69 Å². The molecular formula is C12H10ClNO2. The lowest BCUT2D eigenvalue weighted by Gasteiger charge is -2.10. The Labute approximate surface area is 97.9 Å². The molecule has 0 saturated carbocycles.